The van der Waals surface area contributed by atoms with Gasteiger partial charge in [-0.3, -0.25) is 37.3 Å². The molecule has 0 aliphatic heterocycles. The van der Waals surface area contributed by atoms with Crippen molar-refractivity contribution in [2.45, 2.75) is 426 Å². The molecule has 0 amide bonds. The molecular formula is C79H154O17P2. The van der Waals surface area contributed by atoms with Crippen LogP contribution in [0.2, 0.25) is 0 Å². The maximum Gasteiger partial charge on any atom is 0.472 e. The van der Waals surface area contributed by atoms with Crippen molar-refractivity contribution in [1.29, 1.82) is 0 Å². The summed E-state index contributed by atoms with van der Waals surface area (Å²) in [4.78, 5) is 72.9. The lowest BCUT2D eigenvalue weighted by Gasteiger charge is -2.21. The average Bonchev–Trinajstić information content (AvgIpc) is 0.999. The molecule has 0 aromatic heterocycles. The molecule has 17 nitrogen and oxygen atoms in total. The molecule has 0 saturated heterocycles. The zero-order valence-electron chi connectivity index (χ0n) is 64.3. The lowest BCUT2D eigenvalue weighted by Crippen LogP contribution is -2.30. The summed E-state index contributed by atoms with van der Waals surface area (Å²) in [6, 6.07) is 0. The molecular weight excluding hydrogens is 1280 g/mol. The Bertz CT molecular complexity index is 1910. The van der Waals surface area contributed by atoms with Gasteiger partial charge < -0.3 is 33.8 Å². The van der Waals surface area contributed by atoms with Crippen molar-refractivity contribution in [3.05, 3.63) is 0 Å². The number of rotatable bonds is 77. The van der Waals surface area contributed by atoms with Gasteiger partial charge in [0, 0.05) is 25.7 Å². The summed E-state index contributed by atoms with van der Waals surface area (Å²) in [5.41, 5.74) is 0. The Morgan fingerprint density at radius 3 is 0.776 bits per heavy atom. The first-order valence-corrected chi connectivity index (χ1v) is 43.9. The molecule has 19 heteroatoms. The Morgan fingerprint density at radius 1 is 0.296 bits per heavy atom. The van der Waals surface area contributed by atoms with Crippen LogP contribution in [0.4, 0.5) is 0 Å². The highest BCUT2D eigenvalue weighted by molar-refractivity contribution is 7.47. The zero-order chi connectivity index (χ0) is 72.3. The first kappa shape index (κ1) is 96.1. The van der Waals surface area contributed by atoms with Gasteiger partial charge in [0.2, 0.25) is 0 Å². The van der Waals surface area contributed by atoms with E-state index in [4.69, 9.17) is 37.0 Å². The number of aliphatic hydroxyl groups excluding tert-OH is 1. The van der Waals surface area contributed by atoms with Gasteiger partial charge in [-0.15, -0.1) is 0 Å². The zero-order valence-corrected chi connectivity index (χ0v) is 66.0. The molecule has 0 aromatic carbocycles. The number of phosphoric ester groups is 2. The van der Waals surface area contributed by atoms with Gasteiger partial charge in [0.05, 0.1) is 26.4 Å². The minimum atomic E-state index is -4.96. The predicted molar refractivity (Wildman–Crippen MR) is 400 cm³/mol. The van der Waals surface area contributed by atoms with Crippen molar-refractivity contribution in [2.75, 3.05) is 39.6 Å². The summed E-state index contributed by atoms with van der Waals surface area (Å²) in [5, 5.41) is 10.6. The molecule has 0 heterocycles. The minimum Gasteiger partial charge on any atom is -0.462 e. The number of carbonyl (C=O) groups excluding carboxylic acids is 4. The largest absolute Gasteiger partial charge is 0.472 e. The van der Waals surface area contributed by atoms with E-state index in [-0.39, 0.29) is 25.7 Å². The molecule has 0 aliphatic carbocycles. The first-order valence-electron chi connectivity index (χ1n) is 40.9. The van der Waals surface area contributed by atoms with E-state index < -0.39 is 97.5 Å². The van der Waals surface area contributed by atoms with Gasteiger partial charge in [0.25, 0.3) is 0 Å². The van der Waals surface area contributed by atoms with Crippen molar-refractivity contribution < 1.29 is 80.2 Å². The molecule has 98 heavy (non-hydrogen) atoms. The summed E-state index contributed by atoms with van der Waals surface area (Å²) in [6.07, 6.45) is 56.8. The maximum atomic E-state index is 13.1. The Morgan fingerprint density at radius 2 is 0.520 bits per heavy atom. The van der Waals surface area contributed by atoms with Crippen molar-refractivity contribution in [3.63, 3.8) is 0 Å². The van der Waals surface area contributed by atoms with Crippen LogP contribution >= 0.6 is 15.6 Å². The molecule has 0 fully saturated rings. The van der Waals surface area contributed by atoms with Crippen LogP contribution in [0.15, 0.2) is 0 Å². The molecule has 0 bridgehead atoms. The number of unbranched alkanes of at least 4 members (excludes halogenated alkanes) is 44. The Hall–Kier alpha value is -1.94. The normalized spacial score (nSPS) is 14.3. The number of aliphatic hydroxyl groups is 1. The van der Waals surface area contributed by atoms with Crippen LogP contribution in [0.1, 0.15) is 408 Å². The molecule has 0 aromatic rings. The van der Waals surface area contributed by atoms with Gasteiger partial charge in [-0.2, -0.15) is 0 Å². The van der Waals surface area contributed by atoms with E-state index in [2.05, 4.69) is 48.5 Å². The Balaban J connectivity index is 5.22. The van der Waals surface area contributed by atoms with E-state index in [0.29, 0.717) is 25.7 Å². The third kappa shape index (κ3) is 71.1. The van der Waals surface area contributed by atoms with Crippen molar-refractivity contribution in [1.82, 2.24) is 0 Å². The fraction of sp³-hybridized carbons (Fsp3) is 0.949. The second-order valence-electron chi connectivity index (χ2n) is 29.6. The molecule has 0 rings (SSSR count). The number of hydrogen-bond acceptors (Lipinski definition) is 15. The van der Waals surface area contributed by atoms with Crippen molar-refractivity contribution >= 4 is 39.5 Å². The van der Waals surface area contributed by atoms with Crippen LogP contribution in [0.5, 0.6) is 0 Å². The molecule has 0 aliphatic rings. The van der Waals surface area contributed by atoms with Crippen LogP contribution in [0.3, 0.4) is 0 Å². The van der Waals surface area contributed by atoms with Crippen LogP contribution in [0.25, 0.3) is 0 Å². The van der Waals surface area contributed by atoms with Crippen molar-refractivity contribution in [2.24, 2.45) is 17.8 Å². The van der Waals surface area contributed by atoms with E-state index in [0.717, 1.165) is 108 Å². The van der Waals surface area contributed by atoms with E-state index in [1.807, 2.05) is 0 Å². The number of hydrogen-bond donors (Lipinski definition) is 3. The second kappa shape index (κ2) is 69.4. The molecule has 582 valence electrons. The molecule has 3 unspecified atom stereocenters. The molecule has 6 atom stereocenters. The summed E-state index contributed by atoms with van der Waals surface area (Å²) >= 11 is 0. The summed E-state index contributed by atoms with van der Waals surface area (Å²) in [6.45, 7) is 12.0. The lowest BCUT2D eigenvalue weighted by atomic mass is 9.99. The number of phosphoric acid groups is 2. The van der Waals surface area contributed by atoms with Gasteiger partial charge in [-0.05, 0) is 43.4 Å². The highest BCUT2D eigenvalue weighted by Gasteiger charge is 2.30. The minimum absolute atomic E-state index is 0.105. The van der Waals surface area contributed by atoms with Crippen molar-refractivity contribution in [3.8, 4) is 0 Å². The number of esters is 4. The van der Waals surface area contributed by atoms with Gasteiger partial charge >= 0.3 is 39.5 Å². The Kier molecular flexibility index (Phi) is 68.1. The summed E-state index contributed by atoms with van der Waals surface area (Å²) in [5.74, 6) is 0.252. The molecule has 0 saturated carbocycles. The topological polar surface area (TPSA) is 237 Å². The van der Waals surface area contributed by atoms with Crippen LogP contribution in [-0.2, 0) is 65.4 Å². The highest BCUT2D eigenvalue weighted by atomic mass is 31.2. The third-order valence-electron chi connectivity index (χ3n) is 18.7. The van der Waals surface area contributed by atoms with Crippen LogP contribution < -0.4 is 0 Å². The average molecular weight is 1440 g/mol. The second-order valence-corrected chi connectivity index (χ2v) is 32.6. The smallest absolute Gasteiger partial charge is 0.462 e. The molecule has 0 radical (unpaired) electrons. The standard InChI is InChI=1S/C79H154O17P2/c1-8-10-11-12-13-14-23-32-39-46-53-60-76(81)89-67-75(96-79(84)63-56-49-42-35-28-30-37-44-51-58-71(5)6)69-94-98(87,88)92-65-73(80)64-91-97(85,86)93-68-74(66-90-77(82)61-54-47-40-33-27-26-31-38-45-52-59-72(7)9-2)95-78(83)62-55-48-41-34-25-22-20-18-16-15-17-19-21-24-29-36-43-50-57-70(3)4/h70-75,80H,8-69H2,1-7H3,(H,85,86)(H,87,88)/t72?,73-,74-,75-/m1/s1. The van der Waals surface area contributed by atoms with Gasteiger partial charge in [0.15, 0.2) is 12.2 Å². The number of ether oxygens (including phenoxy) is 4. The van der Waals surface area contributed by atoms with Gasteiger partial charge in [-0.1, -0.05) is 357 Å². The predicted octanol–water partition coefficient (Wildman–Crippen LogP) is 23.4. The first-order chi connectivity index (χ1) is 47.3. The fourth-order valence-corrected chi connectivity index (χ4v) is 13.7. The lowest BCUT2D eigenvalue weighted by molar-refractivity contribution is -0.161. The van der Waals surface area contributed by atoms with Gasteiger partial charge in [-0.25, -0.2) is 9.13 Å². The fourth-order valence-electron chi connectivity index (χ4n) is 12.1. The van der Waals surface area contributed by atoms with E-state index in [1.165, 1.54) is 218 Å². The van der Waals surface area contributed by atoms with Crippen LogP contribution in [0, 0.1) is 17.8 Å². The SMILES string of the molecule is CCCCCCCCCCCCCC(=O)OC[C@H](COP(=O)(O)OC[C@H](O)COP(=O)(O)OC[C@@H](COC(=O)CCCCCCCCCCCCC(C)CC)OC(=O)CCCCCCCCCCCCCCCCCCCCC(C)C)OC(=O)CCCCCCCCCCCC(C)C. The van der Waals surface area contributed by atoms with Crippen LogP contribution in [-0.4, -0.2) is 96.7 Å². The third-order valence-corrected chi connectivity index (χ3v) is 20.6. The number of carbonyl (C=O) groups is 4. The van der Waals surface area contributed by atoms with E-state index in [1.54, 1.807) is 0 Å². The summed E-state index contributed by atoms with van der Waals surface area (Å²) < 4.78 is 68.6. The molecule has 0 spiro atoms. The monoisotopic (exact) mass is 1440 g/mol. The van der Waals surface area contributed by atoms with E-state index in [9.17, 15) is 43.2 Å². The van der Waals surface area contributed by atoms with E-state index >= 15 is 0 Å². The maximum absolute atomic E-state index is 13.1. The van der Waals surface area contributed by atoms with Gasteiger partial charge in [0.1, 0.15) is 19.3 Å². The molecule has 3 N–H and O–H groups in total. The quantitative estimate of drug-likeness (QED) is 0.0222. The highest BCUT2D eigenvalue weighted by Crippen LogP contribution is 2.45. The summed E-state index contributed by atoms with van der Waals surface area (Å²) in [7, 11) is -9.92. The Labute approximate surface area is 600 Å².